The van der Waals surface area contributed by atoms with Gasteiger partial charge < -0.3 is 10.0 Å². The van der Waals surface area contributed by atoms with Gasteiger partial charge >= 0.3 is 5.97 Å². The summed E-state index contributed by atoms with van der Waals surface area (Å²) in [5.74, 6) is -2.15. The van der Waals surface area contributed by atoms with E-state index >= 15 is 0 Å². The SMILES string of the molecule is O=C(O)c1ccc(C(=O)N2CCCC(C(=O)c3ccc(F)cc3)C2)s1. The molecule has 130 valence electrons. The molecule has 0 spiro atoms. The predicted molar refractivity (Wildman–Crippen MR) is 90.6 cm³/mol. The number of ketones is 1. The minimum atomic E-state index is -1.06. The van der Waals surface area contributed by atoms with Crippen molar-refractivity contribution in [2.75, 3.05) is 13.1 Å². The van der Waals surface area contributed by atoms with E-state index in [9.17, 15) is 18.8 Å². The lowest BCUT2D eigenvalue weighted by molar-refractivity contribution is 0.0639. The summed E-state index contributed by atoms with van der Waals surface area (Å²) in [7, 11) is 0. The van der Waals surface area contributed by atoms with Gasteiger partial charge in [0.25, 0.3) is 5.91 Å². The summed E-state index contributed by atoms with van der Waals surface area (Å²) >= 11 is 0.933. The Bertz CT molecular complexity index is 815. The number of benzene rings is 1. The highest BCUT2D eigenvalue weighted by atomic mass is 32.1. The van der Waals surface area contributed by atoms with E-state index < -0.39 is 11.8 Å². The number of thiophene rings is 1. The minimum Gasteiger partial charge on any atom is -0.477 e. The number of carboxylic acid groups (broad SMARTS) is 1. The van der Waals surface area contributed by atoms with Crippen molar-refractivity contribution >= 4 is 29.0 Å². The van der Waals surface area contributed by atoms with Crippen molar-refractivity contribution in [3.63, 3.8) is 0 Å². The third-order valence-electron chi connectivity index (χ3n) is 4.24. The van der Waals surface area contributed by atoms with Crippen molar-refractivity contribution in [2.24, 2.45) is 5.92 Å². The number of piperidine rings is 1. The number of carboxylic acids is 1. The van der Waals surface area contributed by atoms with E-state index in [1.54, 1.807) is 4.90 Å². The Balaban J connectivity index is 1.71. The summed E-state index contributed by atoms with van der Waals surface area (Å²) in [4.78, 5) is 38.1. The lowest BCUT2D eigenvalue weighted by Gasteiger charge is -2.31. The first-order valence-corrected chi connectivity index (χ1v) is 8.69. The van der Waals surface area contributed by atoms with E-state index in [2.05, 4.69) is 0 Å². The molecular weight excluding hydrogens is 345 g/mol. The fraction of sp³-hybridized carbons (Fsp3) is 0.278. The van der Waals surface area contributed by atoms with Crippen LogP contribution in [0.1, 0.15) is 42.5 Å². The maximum absolute atomic E-state index is 13.0. The van der Waals surface area contributed by atoms with Crippen LogP contribution in [0.4, 0.5) is 4.39 Å². The van der Waals surface area contributed by atoms with Crippen LogP contribution in [0.2, 0.25) is 0 Å². The number of Topliss-reactive ketones (excluding diaryl/α,β-unsaturated/α-hetero) is 1. The van der Waals surface area contributed by atoms with E-state index in [1.165, 1.54) is 36.4 Å². The van der Waals surface area contributed by atoms with Crippen molar-refractivity contribution in [1.29, 1.82) is 0 Å². The molecule has 0 bridgehead atoms. The first kappa shape index (κ1) is 17.3. The molecule has 1 aromatic heterocycles. The van der Waals surface area contributed by atoms with Crippen LogP contribution in [0.5, 0.6) is 0 Å². The van der Waals surface area contributed by atoms with Crippen LogP contribution in [-0.2, 0) is 0 Å². The molecule has 1 amide bonds. The van der Waals surface area contributed by atoms with Gasteiger partial charge in [-0.05, 0) is 49.2 Å². The molecule has 1 aliphatic heterocycles. The lowest BCUT2D eigenvalue weighted by atomic mass is 9.90. The van der Waals surface area contributed by atoms with Crippen LogP contribution in [0.25, 0.3) is 0 Å². The van der Waals surface area contributed by atoms with Gasteiger partial charge in [-0.15, -0.1) is 11.3 Å². The van der Waals surface area contributed by atoms with Crippen molar-refractivity contribution in [3.8, 4) is 0 Å². The predicted octanol–water partition coefficient (Wildman–Crippen LogP) is 3.32. The quantitative estimate of drug-likeness (QED) is 0.848. The van der Waals surface area contributed by atoms with Gasteiger partial charge in [-0.1, -0.05) is 0 Å². The fourth-order valence-electron chi connectivity index (χ4n) is 2.95. The van der Waals surface area contributed by atoms with Crippen LogP contribution in [0, 0.1) is 11.7 Å². The number of carbonyl (C=O) groups excluding carboxylic acids is 2. The van der Waals surface area contributed by atoms with Crippen molar-refractivity contribution < 1.29 is 23.9 Å². The Morgan fingerprint density at radius 1 is 1.08 bits per heavy atom. The number of likely N-dealkylation sites (tertiary alicyclic amines) is 1. The first-order chi connectivity index (χ1) is 12.0. The second kappa shape index (κ2) is 7.14. The molecular formula is C18H16FNO4S. The van der Waals surface area contributed by atoms with Gasteiger partial charge in [0.1, 0.15) is 10.7 Å². The molecule has 5 nitrogen and oxygen atoms in total. The van der Waals surface area contributed by atoms with Gasteiger partial charge in [0.05, 0.1) is 4.88 Å². The molecule has 25 heavy (non-hydrogen) atoms. The highest BCUT2D eigenvalue weighted by molar-refractivity contribution is 7.15. The van der Waals surface area contributed by atoms with E-state index in [-0.39, 0.29) is 29.0 Å². The molecule has 2 aromatic rings. The maximum Gasteiger partial charge on any atom is 0.345 e. The molecule has 1 saturated heterocycles. The molecule has 1 unspecified atom stereocenters. The molecule has 3 rings (SSSR count). The zero-order chi connectivity index (χ0) is 18.0. The van der Waals surface area contributed by atoms with Crippen LogP contribution >= 0.6 is 11.3 Å². The van der Waals surface area contributed by atoms with E-state index in [4.69, 9.17) is 5.11 Å². The summed E-state index contributed by atoms with van der Waals surface area (Å²) in [6.45, 7) is 0.821. The Morgan fingerprint density at radius 2 is 1.76 bits per heavy atom. The number of aromatic carboxylic acids is 1. The van der Waals surface area contributed by atoms with Crippen molar-refractivity contribution in [3.05, 3.63) is 57.5 Å². The van der Waals surface area contributed by atoms with Crippen molar-refractivity contribution in [1.82, 2.24) is 4.90 Å². The van der Waals surface area contributed by atoms with Gasteiger partial charge in [0.2, 0.25) is 0 Å². The van der Waals surface area contributed by atoms with Crippen LogP contribution in [-0.4, -0.2) is 40.8 Å². The Kier molecular flexibility index (Phi) is 4.94. The monoisotopic (exact) mass is 361 g/mol. The van der Waals surface area contributed by atoms with Gasteiger partial charge in [-0.2, -0.15) is 0 Å². The smallest absolute Gasteiger partial charge is 0.345 e. The van der Waals surface area contributed by atoms with Crippen molar-refractivity contribution in [2.45, 2.75) is 12.8 Å². The molecule has 1 aliphatic rings. The minimum absolute atomic E-state index is 0.102. The summed E-state index contributed by atoms with van der Waals surface area (Å²) < 4.78 is 13.0. The maximum atomic E-state index is 13.0. The summed E-state index contributed by atoms with van der Waals surface area (Å²) in [5, 5.41) is 8.96. The Hall–Kier alpha value is -2.54. The number of amides is 1. The average molecular weight is 361 g/mol. The standard InChI is InChI=1S/C18H16FNO4S/c19-13-5-3-11(4-6-13)16(21)12-2-1-9-20(10-12)17(22)14-7-8-15(25-14)18(23)24/h3-8,12H,1-2,9-10H2,(H,23,24). The largest absolute Gasteiger partial charge is 0.477 e. The topological polar surface area (TPSA) is 74.7 Å². The molecule has 1 fully saturated rings. The molecule has 1 N–H and O–H groups in total. The zero-order valence-electron chi connectivity index (χ0n) is 13.3. The summed E-state index contributed by atoms with van der Waals surface area (Å²) in [6.07, 6.45) is 1.37. The molecule has 0 aliphatic carbocycles. The number of hydrogen-bond acceptors (Lipinski definition) is 4. The van der Waals surface area contributed by atoms with Gasteiger partial charge in [-0.25, -0.2) is 9.18 Å². The van der Waals surface area contributed by atoms with Crippen LogP contribution < -0.4 is 0 Å². The molecule has 0 radical (unpaired) electrons. The Labute approximate surface area is 147 Å². The molecule has 2 heterocycles. The normalized spacial score (nSPS) is 17.3. The van der Waals surface area contributed by atoms with Gasteiger partial charge in [-0.3, -0.25) is 9.59 Å². The van der Waals surface area contributed by atoms with Gasteiger partial charge in [0, 0.05) is 24.6 Å². The number of nitrogens with zero attached hydrogens (tertiary/aromatic N) is 1. The number of carbonyl (C=O) groups is 3. The van der Waals surface area contributed by atoms with Gasteiger partial charge in [0.15, 0.2) is 5.78 Å². The number of hydrogen-bond donors (Lipinski definition) is 1. The van der Waals surface area contributed by atoms with Crippen LogP contribution in [0.3, 0.4) is 0 Å². The third kappa shape index (κ3) is 3.76. The molecule has 1 aromatic carbocycles. The average Bonchev–Trinajstić information content (AvgIpc) is 3.12. The molecule has 7 heteroatoms. The highest BCUT2D eigenvalue weighted by Gasteiger charge is 2.30. The van der Waals surface area contributed by atoms with E-state index in [0.717, 1.165) is 11.3 Å². The first-order valence-electron chi connectivity index (χ1n) is 7.88. The number of rotatable bonds is 4. The number of halogens is 1. The second-order valence-electron chi connectivity index (χ2n) is 5.93. The third-order valence-corrected chi connectivity index (χ3v) is 5.30. The lowest BCUT2D eigenvalue weighted by Crippen LogP contribution is -2.42. The highest BCUT2D eigenvalue weighted by Crippen LogP contribution is 2.25. The molecule has 0 saturated carbocycles. The summed E-state index contributed by atoms with van der Waals surface area (Å²) in [5.41, 5.74) is 0.435. The van der Waals surface area contributed by atoms with E-state index in [0.29, 0.717) is 29.8 Å². The molecule has 1 atom stereocenters. The van der Waals surface area contributed by atoms with Crippen LogP contribution in [0.15, 0.2) is 36.4 Å². The van der Waals surface area contributed by atoms with E-state index in [1.807, 2.05) is 0 Å². The summed E-state index contributed by atoms with van der Waals surface area (Å²) in [6, 6.07) is 8.32. The second-order valence-corrected chi connectivity index (χ2v) is 7.01. The Morgan fingerprint density at radius 3 is 2.40 bits per heavy atom. The fourth-order valence-corrected chi connectivity index (χ4v) is 3.76. The zero-order valence-corrected chi connectivity index (χ0v) is 14.1.